The molecule has 1 saturated carbocycles. The average molecular weight is 289 g/mol. The number of carbonyl (C=O) groups excluding carboxylic acids is 1. The van der Waals surface area contributed by atoms with E-state index in [9.17, 15) is 4.79 Å². The predicted molar refractivity (Wildman–Crippen MR) is 86.7 cm³/mol. The molecule has 1 aromatic rings. The van der Waals surface area contributed by atoms with Gasteiger partial charge in [-0.2, -0.15) is 0 Å². The Morgan fingerprint density at radius 2 is 2.05 bits per heavy atom. The van der Waals surface area contributed by atoms with E-state index in [0.717, 1.165) is 30.9 Å². The average Bonchev–Trinajstić information content (AvgIpc) is 2.92. The predicted octanol–water partition coefficient (Wildman–Crippen LogP) is 3.39. The fourth-order valence-corrected chi connectivity index (χ4v) is 3.03. The van der Waals surface area contributed by atoms with E-state index < -0.39 is 0 Å². The Morgan fingerprint density at radius 3 is 2.67 bits per heavy atom. The van der Waals surface area contributed by atoms with Crippen LogP contribution in [-0.2, 0) is 6.42 Å². The minimum Gasteiger partial charge on any atom is -0.373 e. The van der Waals surface area contributed by atoms with Crippen LogP contribution in [0.25, 0.3) is 0 Å². The molecule has 0 aromatic carbocycles. The van der Waals surface area contributed by atoms with Crippen molar-refractivity contribution >= 4 is 11.7 Å². The highest BCUT2D eigenvalue weighted by Gasteiger charge is 2.29. The van der Waals surface area contributed by atoms with Gasteiger partial charge < -0.3 is 10.6 Å². The summed E-state index contributed by atoms with van der Waals surface area (Å²) in [5.74, 6) is 0.776. The Balaban J connectivity index is 2.05. The van der Waals surface area contributed by atoms with Crippen LogP contribution in [0.1, 0.15) is 62.0 Å². The molecule has 21 heavy (non-hydrogen) atoms. The first-order chi connectivity index (χ1) is 10.1. The molecule has 1 heterocycles. The van der Waals surface area contributed by atoms with Gasteiger partial charge in [0.2, 0.25) is 0 Å². The normalized spacial score (nSPS) is 16.7. The zero-order chi connectivity index (χ0) is 15.3. The third kappa shape index (κ3) is 4.19. The minimum atomic E-state index is 0.0133. The minimum absolute atomic E-state index is 0.0133. The van der Waals surface area contributed by atoms with E-state index in [0.29, 0.717) is 5.56 Å². The number of aromatic nitrogens is 1. The fourth-order valence-electron chi connectivity index (χ4n) is 3.03. The zero-order valence-electron chi connectivity index (χ0n) is 13.5. The first-order valence-corrected chi connectivity index (χ1v) is 8.03. The number of anilines is 1. The van der Waals surface area contributed by atoms with E-state index in [4.69, 9.17) is 0 Å². The van der Waals surface area contributed by atoms with E-state index in [1.54, 1.807) is 0 Å². The smallest absolute Gasteiger partial charge is 0.251 e. The second-order valence-electron chi connectivity index (χ2n) is 6.43. The summed E-state index contributed by atoms with van der Waals surface area (Å²) in [6.07, 6.45) is 6.92. The van der Waals surface area contributed by atoms with Crippen LogP contribution < -0.4 is 10.6 Å². The molecule has 0 unspecified atom stereocenters. The zero-order valence-corrected chi connectivity index (χ0v) is 13.5. The molecule has 0 bridgehead atoms. The van der Waals surface area contributed by atoms with Crippen molar-refractivity contribution < 1.29 is 4.79 Å². The molecule has 0 aliphatic heterocycles. The van der Waals surface area contributed by atoms with Crippen LogP contribution in [0.15, 0.2) is 12.1 Å². The van der Waals surface area contributed by atoms with Crippen LogP contribution in [0, 0.1) is 5.41 Å². The molecule has 2 rings (SSSR count). The van der Waals surface area contributed by atoms with Crippen LogP contribution in [0.5, 0.6) is 0 Å². The van der Waals surface area contributed by atoms with E-state index in [2.05, 4.69) is 29.5 Å². The van der Waals surface area contributed by atoms with Gasteiger partial charge in [-0.25, -0.2) is 4.98 Å². The third-order valence-corrected chi connectivity index (χ3v) is 4.39. The number of carbonyl (C=O) groups is 1. The summed E-state index contributed by atoms with van der Waals surface area (Å²) < 4.78 is 0. The van der Waals surface area contributed by atoms with Crippen LogP contribution in [0.3, 0.4) is 0 Å². The van der Waals surface area contributed by atoms with Crippen molar-refractivity contribution in [1.29, 1.82) is 0 Å². The fraction of sp³-hybridized carbons (Fsp3) is 0.647. The first kappa shape index (κ1) is 15.8. The summed E-state index contributed by atoms with van der Waals surface area (Å²) in [6, 6.07) is 3.74. The summed E-state index contributed by atoms with van der Waals surface area (Å²) in [6.45, 7) is 5.16. The maximum absolute atomic E-state index is 12.4. The Hall–Kier alpha value is -1.58. The van der Waals surface area contributed by atoms with E-state index in [-0.39, 0.29) is 11.3 Å². The lowest BCUT2D eigenvalue weighted by Gasteiger charge is -2.23. The molecule has 1 aromatic heterocycles. The van der Waals surface area contributed by atoms with Gasteiger partial charge in [0, 0.05) is 24.8 Å². The summed E-state index contributed by atoms with van der Waals surface area (Å²) >= 11 is 0. The third-order valence-electron chi connectivity index (χ3n) is 4.39. The van der Waals surface area contributed by atoms with Crippen molar-refractivity contribution in [3.8, 4) is 0 Å². The monoisotopic (exact) mass is 289 g/mol. The lowest BCUT2D eigenvalue weighted by atomic mass is 9.89. The van der Waals surface area contributed by atoms with Crippen molar-refractivity contribution in [1.82, 2.24) is 10.3 Å². The topological polar surface area (TPSA) is 54.0 Å². The molecule has 2 N–H and O–H groups in total. The van der Waals surface area contributed by atoms with Gasteiger partial charge in [0.1, 0.15) is 5.82 Å². The SMILES string of the molecule is CCCc1cc(C(=O)NCC2(C)CCCC2)cc(NC)n1. The molecule has 0 saturated heterocycles. The Morgan fingerprint density at radius 1 is 1.33 bits per heavy atom. The molecular formula is C17H27N3O. The van der Waals surface area contributed by atoms with Gasteiger partial charge in [0.05, 0.1) is 0 Å². The quantitative estimate of drug-likeness (QED) is 0.844. The number of nitrogens with zero attached hydrogens (tertiary/aromatic N) is 1. The lowest BCUT2D eigenvalue weighted by Crippen LogP contribution is -2.34. The van der Waals surface area contributed by atoms with Crippen molar-refractivity contribution in [3.05, 3.63) is 23.4 Å². The highest BCUT2D eigenvalue weighted by atomic mass is 16.1. The number of aryl methyl sites for hydroxylation is 1. The largest absolute Gasteiger partial charge is 0.373 e. The van der Waals surface area contributed by atoms with Gasteiger partial charge in [0.15, 0.2) is 0 Å². The summed E-state index contributed by atoms with van der Waals surface area (Å²) in [4.78, 5) is 16.9. The second-order valence-corrected chi connectivity index (χ2v) is 6.43. The molecular weight excluding hydrogens is 262 g/mol. The number of pyridine rings is 1. The van der Waals surface area contributed by atoms with Crippen molar-refractivity contribution in [3.63, 3.8) is 0 Å². The number of amides is 1. The van der Waals surface area contributed by atoms with E-state index in [1.807, 2.05) is 19.2 Å². The van der Waals surface area contributed by atoms with Gasteiger partial charge in [-0.1, -0.05) is 33.1 Å². The van der Waals surface area contributed by atoms with Crippen molar-refractivity contribution in [2.75, 3.05) is 18.9 Å². The van der Waals surface area contributed by atoms with Gasteiger partial charge in [-0.05, 0) is 36.8 Å². The second kappa shape index (κ2) is 6.92. The van der Waals surface area contributed by atoms with Crippen LogP contribution >= 0.6 is 0 Å². The Kier molecular flexibility index (Phi) is 5.21. The molecule has 4 nitrogen and oxygen atoms in total. The number of rotatable bonds is 6. The van der Waals surface area contributed by atoms with Gasteiger partial charge in [-0.3, -0.25) is 4.79 Å². The highest BCUT2D eigenvalue weighted by molar-refractivity contribution is 5.95. The summed E-state index contributed by atoms with van der Waals surface area (Å²) in [5, 5.41) is 6.14. The Labute approximate surface area is 127 Å². The van der Waals surface area contributed by atoms with Crippen LogP contribution in [-0.4, -0.2) is 24.5 Å². The maximum Gasteiger partial charge on any atom is 0.251 e. The first-order valence-electron chi connectivity index (χ1n) is 8.03. The standard InChI is InChI=1S/C17H27N3O/c1-4-7-14-10-13(11-15(18-3)20-14)16(21)19-12-17(2)8-5-6-9-17/h10-11H,4-9,12H2,1-3H3,(H,18,20)(H,19,21). The lowest BCUT2D eigenvalue weighted by molar-refractivity contribution is 0.0934. The van der Waals surface area contributed by atoms with Gasteiger partial charge in [-0.15, -0.1) is 0 Å². The molecule has 0 radical (unpaired) electrons. The van der Waals surface area contributed by atoms with E-state index >= 15 is 0 Å². The molecule has 0 atom stereocenters. The number of nitrogens with one attached hydrogen (secondary N) is 2. The molecule has 1 aliphatic rings. The summed E-state index contributed by atoms with van der Waals surface area (Å²) in [7, 11) is 1.83. The maximum atomic E-state index is 12.4. The van der Waals surface area contributed by atoms with Gasteiger partial charge >= 0.3 is 0 Å². The van der Waals surface area contributed by atoms with Crippen molar-refractivity contribution in [2.24, 2.45) is 5.41 Å². The molecule has 116 valence electrons. The number of hydrogen-bond acceptors (Lipinski definition) is 3. The summed E-state index contributed by atoms with van der Waals surface area (Å²) in [5.41, 5.74) is 1.96. The van der Waals surface area contributed by atoms with Crippen molar-refractivity contribution in [2.45, 2.75) is 52.4 Å². The number of hydrogen-bond donors (Lipinski definition) is 2. The van der Waals surface area contributed by atoms with Gasteiger partial charge in [0.25, 0.3) is 5.91 Å². The molecule has 1 fully saturated rings. The van der Waals surface area contributed by atoms with Crippen LogP contribution in [0.2, 0.25) is 0 Å². The highest BCUT2D eigenvalue weighted by Crippen LogP contribution is 2.36. The molecule has 4 heteroatoms. The molecule has 0 spiro atoms. The Bertz CT molecular complexity index is 493. The van der Waals surface area contributed by atoms with E-state index in [1.165, 1.54) is 25.7 Å². The molecule has 1 amide bonds. The molecule has 1 aliphatic carbocycles. The van der Waals surface area contributed by atoms with Crippen LogP contribution in [0.4, 0.5) is 5.82 Å².